The number of urea groups is 1. The minimum Gasteiger partial charge on any atom is -0.343 e. The van der Waals surface area contributed by atoms with E-state index in [1.165, 1.54) is 11.3 Å². The predicted octanol–water partition coefficient (Wildman–Crippen LogP) is 4.49. The number of nitrogens with zero attached hydrogens (tertiary/aromatic N) is 4. The van der Waals surface area contributed by atoms with E-state index in [-0.39, 0.29) is 5.91 Å². The first kappa shape index (κ1) is 24.1. The Balaban J connectivity index is 1.44. The molecule has 0 radical (unpaired) electrons. The molecule has 0 spiro atoms. The van der Waals surface area contributed by atoms with Crippen LogP contribution in [-0.4, -0.2) is 42.9 Å². The lowest BCUT2D eigenvalue weighted by molar-refractivity contribution is -0.118. The van der Waals surface area contributed by atoms with Gasteiger partial charge >= 0.3 is 6.03 Å². The van der Waals surface area contributed by atoms with Gasteiger partial charge in [-0.3, -0.25) is 4.79 Å². The van der Waals surface area contributed by atoms with E-state index >= 15 is 0 Å². The van der Waals surface area contributed by atoms with Crippen molar-refractivity contribution in [1.82, 2.24) is 10.2 Å². The summed E-state index contributed by atoms with van der Waals surface area (Å²) in [4.78, 5) is 34.2. The third-order valence-electron chi connectivity index (χ3n) is 5.31. The summed E-state index contributed by atoms with van der Waals surface area (Å²) in [6.45, 7) is 1.46. The van der Waals surface area contributed by atoms with Crippen LogP contribution in [0, 0.1) is 11.5 Å². The lowest BCUT2D eigenvalue weighted by Gasteiger charge is -2.20. The number of nitriles is 1. The Kier molecular flexibility index (Phi) is 7.50. The fraction of sp³-hybridized carbons (Fsp3) is 0.167. The average Bonchev–Trinajstić information content (AvgIpc) is 3.50. The van der Waals surface area contributed by atoms with E-state index in [9.17, 15) is 9.59 Å². The molecular formula is C24H22ClN7O2S. The smallest absolute Gasteiger partial charge is 0.320 e. The molecule has 4 rings (SSSR count). The van der Waals surface area contributed by atoms with Crippen molar-refractivity contribution >= 4 is 57.9 Å². The van der Waals surface area contributed by atoms with Crippen LogP contribution in [0.4, 0.5) is 21.9 Å². The molecule has 3 amide bonds. The van der Waals surface area contributed by atoms with Crippen LogP contribution in [0.5, 0.6) is 0 Å². The third kappa shape index (κ3) is 5.90. The molecule has 1 aliphatic rings. The Bertz CT molecular complexity index is 1250. The predicted molar refractivity (Wildman–Crippen MR) is 139 cm³/mol. The van der Waals surface area contributed by atoms with Crippen LogP contribution in [0.1, 0.15) is 10.9 Å². The zero-order chi connectivity index (χ0) is 24.8. The van der Waals surface area contributed by atoms with Crippen molar-refractivity contribution in [3.8, 4) is 6.19 Å². The molecule has 1 saturated heterocycles. The molecule has 1 aliphatic heterocycles. The molecule has 3 aromatic rings. The summed E-state index contributed by atoms with van der Waals surface area (Å²) < 4.78 is 0. The molecule has 1 aromatic heterocycles. The Morgan fingerprint density at radius 3 is 2.40 bits per heavy atom. The van der Waals surface area contributed by atoms with E-state index in [1.807, 2.05) is 46.6 Å². The summed E-state index contributed by atoms with van der Waals surface area (Å²) in [7, 11) is 1.88. The van der Waals surface area contributed by atoms with Gasteiger partial charge in [-0.2, -0.15) is 5.26 Å². The number of carbonyl (C=O) groups is 2. The zero-order valence-corrected chi connectivity index (χ0v) is 20.3. The zero-order valence-electron chi connectivity index (χ0n) is 18.7. The number of amides is 3. The van der Waals surface area contributed by atoms with Gasteiger partial charge in [0.1, 0.15) is 6.04 Å². The Hall–Kier alpha value is -4.07. The van der Waals surface area contributed by atoms with Gasteiger partial charge < -0.3 is 25.8 Å². The van der Waals surface area contributed by atoms with E-state index < -0.39 is 12.1 Å². The first-order valence-corrected chi connectivity index (χ1v) is 11.9. The lowest BCUT2D eigenvalue weighted by Crippen LogP contribution is -2.39. The van der Waals surface area contributed by atoms with E-state index in [4.69, 9.17) is 16.9 Å². The van der Waals surface area contributed by atoms with Crippen molar-refractivity contribution in [3.63, 3.8) is 0 Å². The van der Waals surface area contributed by atoms with Gasteiger partial charge in [0.2, 0.25) is 12.2 Å². The third-order valence-corrected chi connectivity index (χ3v) is 6.49. The monoisotopic (exact) mass is 507 g/mol. The summed E-state index contributed by atoms with van der Waals surface area (Å²) in [6.07, 6.45) is 1.84. The standard InChI is InChI=1S/C24H22ClN7O2S/c1-31-12-13-32(24(31)27-15-26)19-10-8-17(9-11-19)28-22(33)21(20-3-2-14-35-20)30-23(34)29-18-6-4-16(25)5-7-18/h2-11,14,21H,12-13H2,1H3,(H,28,33)(H2,29,30,34)/b27-24+/t21-/m0/s1. The largest absolute Gasteiger partial charge is 0.343 e. The van der Waals surface area contributed by atoms with Gasteiger partial charge in [-0.05, 0) is 60.0 Å². The van der Waals surface area contributed by atoms with Gasteiger partial charge in [0.15, 0.2) is 0 Å². The van der Waals surface area contributed by atoms with Crippen molar-refractivity contribution < 1.29 is 9.59 Å². The molecule has 0 bridgehead atoms. The first-order chi connectivity index (χ1) is 16.9. The Labute approximate surface area is 211 Å². The van der Waals surface area contributed by atoms with E-state index in [0.29, 0.717) is 33.8 Å². The number of hydrogen-bond acceptors (Lipinski definition) is 5. The van der Waals surface area contributed by atoms with Gasteiger partial charge in [-0.25, -0.2) is 4.79 Å². The fourth-order valence-electron chi connectivity index (χ4n) is 3.58. The number of hydrogen-bond donors (Lipinski definition) is 3. The molecule has 9 nitrogen and oxygen atoms in total. The summed E-state index contributed by atoms with van der Waals surface area (Å²) in [6, 6.07) is 16.1. The van der Waals surface area contributed by atoms with Crippen molar-refractivity contribution in [2.75, 3.05) is 35.7 Å². The number of anilines is 3. The highest BCUT2D eigenvalue weighted by Crippen LogP contribution is 2.25. The second-order valence-electron chi connectivity index (χ2n) is 7.67. The fourth-order valence-corrected chi connectivity index (χ4v) is 4.48. The summed E-state index contributed by atoms with van der Waals surface area (Å²) in [5, 5.41) is 19.7. The number of guanidine groups is 1. The molecule has 0 unspecified atom stereocenters. The van der Waals surface area contributed by atoms with Crippen LogP contribution < -0.4 is 20.9 Å². The number of rotatable bonds is 6. The van der Waals surface area contributed by atoms with Gasteiger partial charge in [-0.1, -0.05) is 17.7 Å². The number of aliphatic imine (C=N–C) groups is 1. The normalized spacial score (nSPS) is 14.9. The van der Waals surface area contributed by atoms with Crippen molar-refractivity contribution in [3.05, 3.63) is 75.9 Å². The minimum absolute atomic E-state index is 0.376. The van der Waals surface area contributed by atoms with Gasteiger partial charge in [0.25, 0.3) is 5.91 Å². The molecule has 2 heterocycles. The summed E-state index contributed by atoms with van der Waals surface area (Å²) in [5.41, 5.74) is 1.99. The van der Waals surface area contributed by atoms with Crippen molar-refractivity contribution in [2.24, 2.45) is 4.99 Å². The first-order valence-electron chi connectivity index (χ1n) is 10.7. The SMILES string of the molecule is CN1CCN(c2ccc(NC(=O)[C@@H](NC(=O)Nc3ccc(Cl)cc3)c3cccs3)cc2)/C1=N/C#N. The van der Waals surface area contributed by atoms with E-state index in [0.717, 1.165) is 12.2 Å². The minimum atomic E-state index is -0.886. The number of likely N-dealkylation sites (N-methyl/N-ethyl adjacent to an activating group) is 1. The van der Waals surface area contributed by atoms with Crippen LogP contribution >= 0.6 is 22.9 Å². The molecule has 35 heavy (non-hydrogen) atoms. The maximum atomic E-state index is 13.1. The van der Waals surface area contributed by atoms with Gasteiger partial charge in [0, 0.05) is 47.1 Å². The van der Waals surface area contributed by atoms with Crippen molar-refractivity contribution in [1.29, 1.82) is 5.26 Å². The van der Waals surface area contributed by atoms with Crippen LogP contribution in [0.3, 0.4) is 0 Å². The van der Waals surface area contributed by atoms with E-state index in [1.54, 1.807) is 42.5 Å². The molecule has 178 valence electrons. The van der Waals surface area contributed by atoms with Gasteiger partial charge in [-0.15, -0.1) is 16.3 Å². The molecule has 1 atom stereocenters. The number of thiophene rings is 1. The maximum absolute atomic E-state index is 13.1. The second kappa shape index (κ2) is 10.9. The molecule has 0 saturated carbocycles. The highest BCUT2D eigenvalue weighted by Gasteiger charge is 2.26. The highest BCUT2D eigenvalue weighted by atomic mass is 35.5. The Morgan fingerprint density at radius 2 is 1.74 bits per heavy atom. The number of benzene rings is 2. The summed E-state index contributed by atoms with van der Waals surface area (Å²) >= 11 is 7.26. The van der Waals surface area contributed by atoms with Crippen LogP contribution in [-0.2, 0) is 4.79 Å². The maximum Gasteiger partial charge on any atom is 0.320 e. The number of carbonyl (C=O) groups excluding carboxylic acids is 2. The average molecular weight is 508 g/mol. The van der Waals surface area contributed by atoms with Crippen LogP contribution in [0.2, 0.25) is 5.02 Å². The van der Waals surface area contributed by atoms with E-state index in [2.05, 4.69) is 20.9 Å². The highest BCUT2D eigenvalue weighted by molar-refractivity contribution is 7.10. The number of nitrogens with one attached hydrogen (secondary N) is 3. The topological polar surface area (TPSA) is 113 Å². The lowest BCUT2D eigenvalue weighted by atomic mass is 10.2. The van der Waals surface area contributed by atoms with Crippen molar-refractivity contribution in [2.45, 2.75) is 6.04 Å². The molecule has 3 N–H and O–H groups in total. The van der Waals surface area contributed by atoms with Crippen LogP contribution in [0.15, 0.2) is 71.0 Å². The Morgan fingerprint density at radius 1 is 1.06 bits per heavy atom. The van der Waals surface area contributed by atoms with Gasteiger partial charge in [0.05, 0.1) is 0 Å². The number of halogens is 1. The molecule has 0 aliphatic carbocycles. The quantitative estimate of drug-likeness (QED) is 0.425. The van der Waals surface area contributed by atoms with Crippen LogP contribution in [0.25, 0.3) is 0 Å². The molecular weight excluding hydrogens is 486 g/mol. The molecule has 11 heteroatoms. The molecule has 1 fully saturated rings. The molecule has 2 aromatic carbocycles. The summed E-state index contributed by atoms with van der Waals surface area (Å²) in [5.74, 6) is 0.206. The second-order valence-corrected chi connectivity index (χ2v) is 9.09.